The van der Waals surface area contributed by atoms with Gasteiger partial charge in [0.1, 0.15) is 0 Å². The van der Waals surface area contributed by atoms with Gasteiger partial charge in [-0.05, 0) is 37.3 Å². The molecule has 2 aromatic carbocycles. The third-order valence-electron chi connectivity index (χ3n) is 5.33. The summed E-state index contributed by atoms with van der Waals surface area (Å²) >= 11 is 0. The Labute approximate surface area is 171 Å². The van der Waals surface area contributed by atoms with Crippen LogP contribution in [0, 0.1) is 12.8 Å². The number of aryl methyl sites for hydroxylation is 1. The predicted octanol–water partition coefficient (Wildman–Crippen LogP) is 4.17. The molecule has 5 nitrogen and oxygen atoms in total. The van der Waals surface area contributed by atoms with E-state index in [9.17, 15) is 9.59 Å². The summed E-state index contributed by atoms with van der Waals surface area (Å²) in [7, 11) is 0. The first-order valence-electron chi connectivity index (χ1n) is 10.3. The van der Waals surface area contributed by atoms with E-state index >= 15 is 0 Å². The number of benzene rings is 2. The second-order valence-corrected chi connectivity index (χ2v) is 8.43. The second-order valence-electron chi connectivity index (χ2n) is 8.43. The summed E-state index contributed by atoms with van der Waals surface area (Å²) in [6.07, 6.45) is 2.03. The first kappa shape index (κ1) is 19.4. The molecule has 150 valence electrons. The zero-order valence-corrected chi connectivity index (χ0v) is 17.3. The van der Waals surface area contributed by atoms with Crippen LogP contribution in [0.25, 0.3) is 10.8 Å². The summed E-state index contributed by atoms with van der Waals surface area (Å²) in [5, 5.41) is 5.73. The van der Waals surface area contributed by atoms with Crippen LogP contribution in [0.15, 0.2) is 53.3 Å². The Morgan fingerprint density at radius 3 is 2.38 bits per heavy atom. The van der Waals surface area contributed by atoms with Crippen molar-refractivity contribution in [1.82, 2.24) is 14.7 Å². The van der Waals surface area contributed by atoms with Crippen molar-refractivity contribution in [1.29, 1.82) is 0 Å². The van der Waals surface area contributed by atoms with Gasteiger partial charge in [-0.3, -0.25) is 9.59 Å². The van der Waals surface area contributed by atoms with Gasteiger partial charge >= 0.3 is 0 Å². The quantitative estimate of drug-likeness (QED) is 0.636. The third-order valence-corrected chi connectivity index (χ3v) is 5.33. The number of carbonyl (C=O) groups excluding carboxylic acids is 1. The summed E-state index contributed by atoms with van der Waals surface area (Å²) in [5.41, 5.74) is 2.55. The van der Waals surface area contributed by atoms with Gasteiger partial charge in [0.2, 0.25) is 0 Å². The van der Waals surface area contributed by atoms with Crippen molar-refractivity contribution in [2.75, 3.05) is 0 Å². The predicted molar refractivity (Wildman–Crippen MR) is 115 cm³/mol. The Morgan fingerprint density at radius 2 is 1.76 bits per heavy atom. The van der Waals surface area contributed by atoms with Gasteiger partial charge in [0.25, 0.3) is 11.5 Å². The number of carbonyl (C=O) groups is 1. The van der Waals surface area contributed by atoms with Gasteiger partial charge in [-0.15, -0.1) is 0 Å². The lowest BCUT2D eigenvalue weighted by molar-refractivity contribution is 0.0723. The zero-order valence-electron chi connectivity index (χ0n) is 17.3. The first-order chi connectivity index (χ1) is 13.9. The van der Waals surface area contributed by atoms with Crippen LogP contribution in [0.4, 0.5) is 0 Å². The number of fused-ring (bicyclic) bond motifs is 1. The minimum Gasteiger partial charge on any atom is -0.330 e. The molecule has 0 atom stereocenters. The second kappa shape index (κ2) is 7.82. The topological polar surface area (TPSA) is 55.2 Å². The zero-order chi connectivity index (χ0) is 20.5. The minimum atomic E-state index is -0.137. The van der Waals surface area contributed by atoms with Gasteiger partial charge in [0.05, 0.1) is 5.39 Å². The van der Waals surface area contributed by atoms with Gasteiger partial charge in [0, 0.05) is 24.5 Å². The molecule has 1 amide bonds. The first-order valence-corrected chi connectivity index (χ1v) is 10.3. The Hall–Kier alpha value is -2.95. The maximum atomic E-state index is 13.6. The normalized spacial score (nSPS) is 13.8. The molecule has 0 spiro atoms. The molecule has 1 fully saturated rings. The fourth-order valence-corrected chi connectivity index (χ4v) is 3.64. The van der Waals surface area contributed by atoms with Gasteiger partial charge < -0.3 is 4.90 Å². The largest absolute Gasteiger partial charge is 0.330 e. The van der Waals surface area contributed by atoms with Gasteiger partial charge in [-0.25, -0.2) is 4.68 Å². The number of hydrogen-bond acceptors (Lipinski definition) is 3. The van der Waals surface area contributed by atoms with Crippen molar-refractivity contribution in [3.05, 3.63) is 75.7 Å². The third kappa shape index (κ3) is 4.09. The van der Waals surface area contributed by atoms with Crippen LogP contribution >= 0.6 is 0 Å². The molecule has 3 aromatic rings. The highest BCUT2D eigenvalue weighted by molar-refractivity contribution is 6.05. The lowest BCUT2D eigenvalue weighted by Gasteiger charge is -2.23. The van der Waals surface area contributed by atoms with Crippen molar-refractivity contribution < 1.29 is 4.79 Å². The Morgan fingerprint density at radius 1 is 1.10 bits per heavy atom. The summed E-state index contributed by atoms with van der Waals surface area (Å²) in [4.78, 5) is 28.4. The van der Waals surface area contributed by atoms with Crippen LogP contribution in [0.3, 0.4) is 0 Å². The number of hydrogen-bond donors (Lipinski definition) is 0. The fraction of sp³-hybridized carbons (Fsp3) is 0.375. The van der Waals surface area contributed by atoms with E-state index in [1.165, 1.54) is 10.2 Å². The van der Waals surface area contributed by atoms with Gasteiger partial charge in [0.15, 0.2) is 5.69 Å². The molecule has 0 saturated heterocycles. The molecule has 1 saturated carbocycles. The highest BCUT2D eigenvalue weighted by atomic mass is 16.2. The molecule has 1 heterocycles. The standard InChI is InChI=1S/C24H27N3O2/c1-16(2)14-27-23(28)21-7-5-4-6-20(21)22(25-27)24(29)26(19-12-13-19)15-18-10-8-17(3)9-11-18/h4-11,16,19H,12-15H2,1-3H3. The van der Waals surface area contributed by atoms with Crippen LogP contribution in [0.5, 0.6) is 0 Å². The number of nitrogens with zero attached hydrogens (tertiary/aromatic N) is 3. The van der Waals surface area contributed by atoms with E-state index in [1.807, 2.05) is 36.9 Å². The van der Waals surface area contributed by atoms with Crippen molar-refractivity contribution in [3.63, 3.8) is 0 Å². The molecule has 0 bridgehead atoms. The van der Waals surface area contributed by atoms with Crippen LogP contribution in [0.1, 0.15) is 48.3 Å². The Bertz CT molecular complexity index is 1100. The molecular formula is C24H27N3O2. The molecule has 0 N–H and O–H groups in total. The van der Waals surface area contributed by atoms with E-state index in [0.717, 1.165) is 18.4 Å². The summed E-state index contributed by atoms with van der Waals surface area (Å²) in [6.45, 7) is 7.19. The monoisotopic (exact) mass is 389 g/mol. The van der Waals surface area contributed by atoms with E-state index in [1.54, 1.807) is 6.07 Å². The van der Waals surface area contributed by atoms with Crippen molar-refractivity contribution in [3.8, 4) is 0 Å². The molecular weight excluding hydrogens is 362 g/mol. The Balaban J connectivity index is 1.77. The summed E-state index contributed by atoms with van der Waals surface area (Å²) in [6, 6.07) is 15.8. The Kier molecular flexibility index (Phi) is 5.22. The van der Waals surface area contributed by atoms with E-state index in [-0.39, 0.29) is 23.4 Å². The van der Waals surface area contributed by atoms with Crippen LogP contribution in [-0.4, -0.2) is 26.6 Å². The molecule has 5 heteroatoms. The molecule has 0 radical (unpaired) electrons. The minimum absolute atomic E-state index is 0.0956. The summed E-state index contributed by atoms with van der Waals surface area (Å²) < 4.78 is 1.46. The fourth-order valence-electron chi connectivity index (χ4n) is 3.64. The van der Waals surface area contributed by atoms with Crippen LogP contribution in [0.2, 0.25) is 0 Å². The molecule has 29 heavy (non-hydrogen) atoms. The molecule has 1 aliphatic carbocycles. The molecule has 0 aliphatic heterocycles. The SMILES string of the molecule is Cc1ccc(CN(C(=O)c2nn(CC(C)C)c(=O)c3ccccc23)C2CC2)cc1. The molecule has 1 aliphatic rings. The smallest absolute Gasteiger partial charge is 0.275 e. The average Bonchev–Trinajstić information content (AvgIpc) is 3.54. The number of rotatable bonds is 6. The van der Waals surface area contributed by atoms with E-state index < -0.39 is 0 Å². The van der Waals surface area contributed by atoms with Crippen molar-refractivity contribution in [2.45, 2.75) is 52.7 Å². The number of aromatic nitrogens is 2. The lowest BCUT2D eigenvalue weighted by atomic mass is 10.1. The lowest BCUT2D eigenvalue weighted by Crippen LogP contribution is -2.36. The average molecular weight is 389 g/mol. The summed E-state index contributed by atoms with van der Waals surface area (Å²) in [5.74, 6) is 0.165. The van der Waals surface area contributed by atoms with E-state index in [0.29, 0.717) is 29.6 Å². The highest BCUT2D eigenvalue weighted by Gasteiger charge is 2.34. The van der Waals surface area contributed by atoms with Gasteiger partial charge in [-0.2, -0.15) is 5.10 Å². The molecule has 1 aromatic heterocycles. The van der Waals surface area contributed by atoms with E-state index in [2.05, 4.69) is 36.3 Å². The maximum absolute atomic E-state index is 13.6. The van der Waals surface area contributed by atoms with E-state index in [4.69, 9.17) is 0 Å². The highest BCUT2D eigenvalue weighted by Crippen LogP contribution is 2.30. The van der Waals surface area contributed by atoms with Crippen LogP contribution < -0.4 is 5.56 Å². The molecule has 0 unspecified atom stereocenters. The number of amides is 1. The van der Waals surface area contributed by atoms with Crippen molar-refractivity contribution in [2.24, 2.45) is 5.92 Å². The van der Waals surface area contributed by atoms with Crippen molar-refractivity contribution >= 4 is 16.7 Å². The maximum Gasteiger partial charge on any atom is 0.275 e. The molecule has 4 rings (SSSR count). The van der Waals surface area contributed by atoms with Gasteiger partial charge in [-0.1, -0.05) is 61.9 Å². The van der Waals surface area contributed by atoms with Crippen LogP contribution in [-0.2, 0) is 13.1 Å².